The van der Waals surface area contributed by atoms with Crippen molar-refractivity contribution in [1.29, 1.82) is 0 Å². The van der Waals surface area contributed by atoms with Crippen LogP contribution in [-0.2, 0) is 11.3 Å². The van der Waals surface area contributed by atoms with E-state index in [0.29, 0.717) is 23.0 Å². The van der Waals surface area contributed by atoms with E-state index in [1.807, 2.05) is 0 Å². The molecule has 0 atom stereocenters. The minimum Gasteiger partial charge on any atom is -0.443 e. The Morgan fingerprint density at radius 3 is 2.64 bits per heavy atom. The fourth-order valence-electron chi connectivity index (χ4n) is 2.03. The monoisotopic (exact) mass is 366 g/mol. The lowest BCUT2D eigenvalue weighted by Crippen LogP contribution is -2.29. The van der Waals surface area contributed by atoms with E-state index in [2.05, 4.69) is 15.6 Å². The van der Waals surface area contributed by atoms with Gasteiger partial charge in [0.1, 0.15) is 16.6 Å². The van der Waals surface area contributed by atoms with Gasteiger partial charge in [0.15, 0.2) is 0 Å². The quantitative estimate of drug-likeness (QED) is 0.659. The summed E-state index contributed by atoms with van der Waals surface area (Å²) >= 11 is 6.32. The molecule has 1 heterocycles. The Morgan fingerprint density at radius 2 is 2.04 bits per heavy atom. The molecule has 25 heavy (non-hydrogen) atoms. The van der Waals surface area contributed by atoms with Crippen LogP contribution in [0.5, 0.6) is 0 Å². The van der Waals surface area contributed by atoms with E-state index in [-0.39, 0.29) is 5.82 Å². The maximum Gasteiger partial charge on any atom is 0.428 e. The van der Waals surface area contributed by atoms with Crippen molar-refractivity contribution < 1.29 is 13.9 Å². The Bertz CT molecular complexity index is 779. The first-order valence-corrected chi connectivity index (χ1v) is 8.03. The molecule has 0 saturated carbocycles. The van der Waals surface area contributed by atoms with Gasteiger partial charge >= 0.3 is 6.09 Å². The Hall–Kier alpha value is -2.41. The van der Waals surface area contributed by atoms with E-state index in [0.717, 1.165) is 5.56 Å². The van der Waals surface area contributed by atoms with E-state index < -0.39 is 11.7 Å². The molecule has 0 fully saturated rings. The lowest BCUT2D eigenvalue weighted by molar-refractivity contribution is 0.0529. The van der Waals surface area contributed by atoms with Crippen LogP contribution >= 0.6 is 11.6 Å². The van der Waals surface area contributed by atoms with Crippen LogP contribution in [0.1, 0.15) is 37.6 Å². The molecule has 2 rings (SSSR count). The zero-order chi connectivity index (χ0) is 18.6. The standard InChI is InChI=1S/C17H20ClFN4O2/c1-11-14(9-20-21-16(24)25-17(2,3)4)15(18)23(22-11)10-12-5-7-13(19)8-6-12/h5-9H,10H2,1-4H3,(H,21,24)/b20-9+. The number of amides is 1. The van der Waals surface area contributed by atoms with Crippen LogP contribution in [-0.4, -0.2) is 27.7 Å². The summed E-state index contributed by atoms with van der Waals surface area (Å²) in [6.45, 7) is 7.46. The molecule has 0 saturated heterocycles. The van der Waals surface area contributed by atoms with Crippen molar-refractivity contribution in [3.63, 3.8) is 0 Å². The number of nitrogens with zero attached hydrogens (tertiary/aromatic N) is 3. The average Bonchev–Trinajstić information content (AvgIpc) is 2.75. The highest BCUT2D eigenvalue weighted by atomic mass is 35.5. The molecule has 1 amide bonds. The van der Waals surface area contributed by atoms with Crippen LogP contribution < -0.4 is 5.43 Å². The fourth-order valence-corrected chi connectivity index (χ4v) is 2.31. The molecule has 6 nitrogen and oxygen atoms in total. The number of benzene rings is 1. The summed E-state index contributed by atoms with van der Waals surface area (Å²) in [5.74, 6) is -0.299. The Morgan fingerprint density at radius 1 is 1.40 bits per heavy atom. The Kier molecular flexibility index (Phi) is 5.79. The van der Waals surface area contributed by atoms with Crippen molar-refractivity contribution in [3.8, 4) is 0 Å². The summed E-state index contributed by atoms with van der Waals surface area (Å²) in [6.07, 6.45) is 0.756. The maximum absolute atomic E-state index is 13.0. The number of aryl methyl sites for hydroxylation is 1. The highest BCUT2D eigenvalue weighted by molar-refractivity contribution is 6.32. The number of hydrazone groups is 1. The molecular formula is C17H20ClFN4O2. The minimum atomic E-state index is -0.656. The van der Waals surface area contributed by atoms with Crippen LogP contribution in [0.25, 0.3) is 0 Å². The molecule has 0 radical (unpaired) electrons. The third kappa shape index (κ3) is 5.56. The fraction of sp³-hybridized carbons (Fsp3) is 0.353. The van der Waals surface area contributed by atoms with Gasteiger partial charge in [-0.05, 0) is 45.4 Å². The van der Waals surface area contributed by atoms with Crippen LogP contribution in [0.15, 0.2) is 29.4 Å². The first-order chi connectivity index (χ1) is 11.7. The van der Waals surface area contributed by atoms with Crippen LogP contribution in [0, 0.1) is 12.7 Å². The molecule has 0 aliphatic heterocycles. The molecule has 0 bridgehead atoms. The number of nitrogens with one attached hydrogen (secondary N) is 1. The molecule has 1 aromatic heterocycles. The second kappa shape index (κ2) is 7.65. The van der Waals surface area contributed by atoms with Crippen molar-refractivity contribution in [2.24, 2.45) is 5.10 Å². The highest BCUT2D eigenvalue weighted by Gasteiger charge is 2.16. The van der Waals surface area contributed by atoms with Crippen molar-refractivity contribution >= 4 is 23.9 Å². The first-order valence-electron chi connectivity index (χ1n) is 7.65. The summed E-state index contributed by atoms with van der Waals surface area (Å²) < 4.78 is 19.6. The summed E-state index contributed by atoms with van der Waals surface area (Å²) in [4.78, 5) is 11.6. The lowest BCUT2D eigenvalue weighted by Gasteiger charge is -2.18. The second-order valence-corrected chi connectivity index (χ2v) is 6.80. The van der Waals surface area contributed by atoms with Gasteiger partial charge in [-0.15, -0.1) is 0 Å². The van der Waals surface area contributed by atoms with Gasteiger partial charge in [-0.1, -0.05) is 23.7 Å². The van der Waals surface area contributed by atoms with Gasteiger partial charge in [-0.3, -0.25) is 0 Å². The highest BCUT2D eigenvalue weighted by Crippen LogP contribution is 2.19. The molecule has 0 unspecified atom stereocenters. The number of carbonyl (C=O) groups excluding carboxylic acids is 1. The lowest BCUT2D eigenvalue weighted by atomic mass is 10.2. The zero-order valence-electron chi connectivity index (χ0n) is 14.5. The third-order valence-corrected chi connectivity index (χ3v) is 3.50. The molecule has 134 valence electrons. The Labute approximate surface area is 150 Å². The summed E-state index contributed by atoms with van der Waals surface area (Å²) in [5, 5.41) is 8.56. The van der Waals surface area contributed by atoms with Gasteiger partial charge in [0.25, 0.3) is 0 Å². The van der Waals surface area contributed by atoms with E-state index in [4.69, 9.17) is 16.3 Å². The van der Waals surface area contributed by atoms with Crippen molar-refractivity contribution in [3.05, 3.63) is 52.1 Å². The average molecular weight is 367 g/mol. The van der Waals surface area contributed by atoms with Gasteiger partial charge in [-0.2, -0.15) is 10.2 Å². The van der Waals surface area contributed by atoms with Crippen molar-refractivity contribution in [2.75, 3.05) is 0 Å². The van der Waals surface area contributed by atoms with Gasteiger partial charge in [-0.25, -0.2) is 19.3 Å². The number of carbonyl (C=O) groups is 1. The number of hydrogen-bond acceptors (Lipinski definition) is 4. The molecule has 0 spiro atoms. The van der Waals surface area contributed by atoms with Crippen LogP contribution in [0.2, 0.25) is 5.15 Å². The van der Waals surface area contributed by atoms with Crippen molar-refractivity contribution in [2.45, 2.75) is 39.8 Å². The SMILES string of the molecule is Cc1nn(Cc2ccc(F)cc2)c(Cl)c1/C=N/NC(=O)OC(C)(C)C. The van der Waals surface area contributed by atoms with Gasteiger partial charge in [0.2, 0.25) is 0 Å². The third-order valence-electron chi connectivity index (χ3n) is 3.10. The number of rotatable bonds is 4. The van der Waals surface area contributed by atoms with E-state index in [9.17, 15) is 9.18 Å². The van der Waals surface area contributed by atoms with Crippen molar-refractivity contribution in [1.82, 2.24) is 15.2 Å². The number of ether oxygens (including phenoxy) is 1. The van der Waals surface area contributed by atoms with Crippen LogP contribution in [0.4, 0.5) is 9.18 Å². The predicted octanol–water partition coefficient (Wildman–Crippen LogP) is 3.89. The van der Waals surface area contributed by atoms with E-state index in [1.165, 1.54) is 18.3 Å². The summed E-state index contributed by atoms with van der Waals surface area (Å²) in [5.41, 5.74) is 3.77. The number of hydrogen-bond donors (Lipinski definition) is 1. The molecule has 1 N–H and O–H groups in total. The number of aromatic nitrogens is 2. The predicted molar refractivity (Wildman–Crippen MR) is 94.4 cm³/mol. The maximum atomic E-state index is 13.0. The van der Waals surface area contributed by atoms with Gasteiger partial charge < -0.3 is 4.74 Å². The van der Waals surface area contributed by atoms with Gasteiger partial charge in [0.05, 0.1) is 24.0 Å². The molecule has 2 aromatic rings. The van der Waals surface area contributed by atoms with Gasteiger partial charge in [0, 0.05) is 0 Å². The topological polar surface area (TPSA) is 68.5 Å². The van der Waals surface area contributed by atoms with Crippen LogP contribution in [0.3, 0.4) is 0 Å². The molecule has 1 aromatic carbocycles. The normalized spacial score (nSPS) is 11.8. The molecule has 0 aliphatic carbocycles. The summed E-state index contributed by atoms with van der Waals surface area (Å²) in [6, 6.07) is 6.10. The molecule has 0 aliphatic rings. The Balaban J connectivity index is 2.07. The largest absolute Gasteiger partial charge is 0.443 e. The molecule has 8 heteroatoms. The summed E-state index contributed by atoms with van der Waals surface area (Å²) in [7, 11) is 0. The minimum absolute atomic E-state index is 0.299. The smallest absolute Gasteiger partial charge is 0.428 e. The first kappa shape index (κ1) is 18.9. The molecular weight excluding hydrogens is 347 g/mol. The van der Waals surface area contributed by atoms with E-state index in [1.54, 1.807) is 44.5 Å². The number of halogens is 2. The second-order valence-electron chi connectivity index (χ2n) is 6.45. The zero-order valence-corrected chi connectivity index (χ0v) is 15.3. The van der Waals surface area contributed by atoms with E-state index >= 15 is 0 Å².